The summed E-state index contributed by atoms with van der Waals surface area (Å²) in [5.74, 6) is -3.12. The normalized spacial score (nSPS) is 14.5. The monoisotopic (exact) mass is 449 g/mol. The van der Waals surface area contributed by atoms with E-state index in [2.05, 4.69) is 21.0 Å². The molecule has 0 bridgehead atoms. The van der Waals surface area contributed by atoms with Crippen molar-refractivity contribution in [3.05, 3.63) is 54.2 Å². The van der Waals surface area contributed by atoms with Crippen molar-refractivity contribution in [2.24, 2.45) is 0 Å². The molecule has 0 unspecified atom stereocenters. The molecule has 3 heterocycles. The molecule has 0 spiro atoms. The third kappa shape index (κ3) is 1.56. The van der Waals surface area contributed by atoms with Gasteiger partial charge >= 0.3 is 0 Å². The topological polar surface area (TPSA) is 38.7 Å². The second kappa shape index (κ2) is 4.38. The summed E-state index contributed by atoms with van der Waals surface area (Å²) in [6.45, 7) is 0. The number of fused-ring (bicyclic) bond motifs is 2. The van der Waals surface area contributed by atoms with Crippen molar-refractivity contribution in [1.82, 2.24) is 15.0 Å². The summed E-state index contributed by atoms with van der Waals surface area (Å²) in [5, 5.41) is 1.09. The Balaban J connectivity index is 0.00000121. The zero-order valence-corrected chi connectivity index (χ0v) is 12.2. The standard InChI is InChI=1S/C14H6F2N3.Pt/c15-14(16)10-6-17-3-2-9(10)13-12-8(1-4-19-13)5-18-7-11(12)14;/h1,3-7H;/q-1;. The van der Waals surface area contributed by atoms with Crippen molar-refractivity contribution in [2.75, 3.05) is 0 Å². The molecular weight excluding hydrogens is 443 g/mol. The molecule has 0 aromatic carbocycles. The molecular formula is C14H6F2N3Pt-. The van der Waals surface area contributed by atoms with Crippen molar-refractivity contribution < 1.29 is 29.8 Å². The summed E-state index contributed by atoms with van der Waals surface area (Å²) in [6, 6.07) is 4.45. The number of aromatic nitrogens is 3. The van der Waals surface area contributed by atoms with Crippen molar-refractivity contribution in [3.8, 4) is 11.3 Å². The molecule has 3 nitrogen and oxygen atoms in total. The predicted octanol–water partition coefficient (Wildman–Crippen LogP) is 2.94. The SMILES string of the molecule is FC1(F)c2cnc[c-]c2-c2nccc3cncc1c23.[Pt]. The summed E-state index contributed by atoms with van der Waals surface area (Å²) in [7, 11) is 0. The van der Waals surface area contributed by atoms with Gasteiger partial charge in [0.25, 0.3) is 5.92 Å². The Hall–Kier alpha value is -1.74. The first-order valence-corrected chi connectivity index (χ1v) is 5.67. The fraction of sp³-hybridized carbons (Fsp3) is 0.0714. The fourth-order valence-corrected chi connectivity index (χ4v) is 2.49. The molecule has 3 aromatic rings. The van der Waals surface area contributed by atoms with Crippen LogP contribution in [-0.2, 0) is 27.0 Å². The summed E-state index contributed by atoms with van der Waals surface area (Å²) in [6.07, 6.45) is 6.89. The summed E-state index contributed by atoms with van der Waals surface area (Å²) in [5.41, 5.74) is 0.528. The molecule has 4 rings (SSSR count). The number of hydrogen-bond acceptors (Lipinski definition) is 3. The van der Waals surface area contributed by atoms with E-state index < -0.39 is 5.92 Å². The minimum atomic E-state index is -3.12. The Labute approximate surface area is 127 Å². The molecule has 1 aliphatic carbocycles. The minimum Gasteiger partial charge on any atom is -0.320 e. The maximum Gasteiger partial charge on any atom is 0.259 e. The zero-order valence-electron chi connectivity index (χ0n) is 9.88. The smallest absolute Gasteiger partial charge is 0.259 e. The van der Waals surface area contributed by atoms with E-state index in [1.807, 2.05) is 0 Å². The van der Waals surface area contributed by atoms with Crippen molar-refractivity contribution in [1.29, 1.82) is 0 Å². The van der Waals surface area contributed by atoms with Crippen LogP contribution >= 0.6 is 0 Å². The first-order chi connectivity index (χ1) is 9.19. The van der Waals surface area contributed by atoms with Gasteiger partial charge in [-0.15, -0.1) is 0 Å². The van der Waals surface area contributed by atoms with Gasteiger partial charge in [0.2, 0.25) is 0 Å². The van der Waals surface area contributed by atoms with Gasteiger partial charge in [0, 0.05) is 45.2 Å². The van der Waals surface area contributed by atoms with E-state index in [-0.39, 0.29) is 32.2 Å². The largest absolute Gasteiger partial charge is 0.320 e. The van der Waals surface area contributed by atoms with Gasteiger partial charge in [-0.2, -0.15) is 11.6 Å². The number of halogens is 2. The zero-order chi connectivity index (χ0) is 13.0. The van der Waals surface area contributed by atoms with Crippen LogP contribution in [0.5, 0.6) is 0 Å². The van der Waals surface area contributed by atoms with E-state index in [0.29, 0.717) is 22.0 Å². The third-order valence-electron chi connectivity index (χ3n) is 3.34. The summed E-state index contributed by atoms with van der Waals surface area (Å²) < 4.78 is 29.0. The number of alkyl halides is 2. The molecule has 0 radical (unpaired) electrons. The van der Waals surface area contributed by atoms with E-state index >= 15 is 0 Å². The summed E-state index contributed by atoms with van der Waals surface area (Å²) >= 11 is 0. The fourth-order valence-electron chi connectivity index (χ4n) is 2.49. The number of hydrogen-bond donors (Lipinski definition) is 0. The predicted molar refractivity (Wildman–Crippen MR) is 64.6 cm³/mol. The number of nitrogens with zero attached hydrogens (tertiary/aromatic N) is 3. The Bertz CT molecular complexity index is 815. The van der Waals surface area contributed by atoms with Crippen LogP contribution in [0.3, 0.4) is 0 Å². The van der Waals surface area contributed by atoms with Gasteiger partial charge in [-0.3, -0.25) is 9.97 Å². The first kappa shape index (κ1) is 13.3. The Morgan fingerprint density at radius 3 is 2.70 bits per heavy atom. The van der Waals surface area contributed by atoms with Gasteiger partial charge in [0.05, 0.1) is 0 Å². The van der Waals surface area contributed by atoms with Crippen molar-refractivity contribution >= 4 is 10.8 Å². The molecule has 102 valence electrons. The average Bonchev–Trinajstić information content (AvgIpc) is 2.45. The van der Waals surface area contributed by atoms with Crippen molar-refractivity contribution in [2.45, 2.75) is 5.92 Å². The van der Waals surface area contributed by atoms with Crippen LogP contribution in [0.25, 0.3) is 22.0 Å². The summed E-state index contributed by atoms with van der Waals surface area (Å²) in [4.78, 5) is 11.9. The van der Waals surface area contributed by atoms with E-state index in [9.17, 15) is 8.78 Å². The quantitative estimate of drug-likeness (QED) is 0.496. The molecule has 6 heteroatoms. The van der Waals surface area contributed by atoms with Crippen LogP contribution in [-0.4, -0.2) is 15.0 Å². The first-order valence-electron chi connectivity index (χ1n) is 5.67. The maximum absolute atomic E-state index is 14.5. The van der Waals surface area contributed by atoms with Gasteiger partial charge in [-0.25, -0.2) is 8.78 Å². The Kier molecular flexibility index (Phi) is 2.90. The molecule has 0 aliphatic heterocycles. The maximum atomic E-state index is 14.5. The van der Waals surface area contributed by atoms with E-state index in [1.165, 1.54) is 18.6 Å². The molecule has 0 N–H and O–H groups in total. The van der Waals surface area contributed by atoms with E-state index in [1.54, 1.807) is 18.5 Å². The second-order valence-corrected chi connectivity index (χ2v) is 4.36. The third-order valence-corrected chi connectivity index (χ3v) is 3.34. The Morgan fingerprint density at radius 1 is 1.05 bits per heavy atom. The molecule has 0 fully saturated rings. The van der Waals surface area contributed by atoms with Gasteiger partial charge < -0.3 is 4.98 Å². The van der Waals surface area contributed by atoms with Gasteiger partial charge in [-0.1, -0.05) is 5.56 Å². The van der Waals surface area contributed by atoms with E-state index in [4.69, 9.17) is 0 Å². The van der Waals surface area contributed by atoms with Gasteiger partial charge in [0.1, 0.15) is 0 Å². The van der Waals surface area contributed by atoms with Crippen LogP contribution in [0.15, 0.2) is 37.1 Å². The Morgan fingerprint density at radius 2 is 1.85 bits per heavy atom. The van der Waals surface area contributed by atoms with Crippen LogP contribution in [0, 0.1) is 6.07 Å². The van der Waals surface area contributed by atoms with Crippen LogP contribution in [0.4, 0.5) is 8.78 Å². The van der Waals surface area contributed by atoms with Gasteiger partial charge in [-0.05, 0) is 34.9 Å². The van der Waals surface area contributed by atoms with Gasteiger partial charge in [0.15, 0.2) is 0 Å². The minimum absolute atomic E-state index is 0. The molecule has 20 heavy (non-hydrogen) atoms. The molecule has 0 saturated carbocycles. The molecule has 3 aromatic heterocycles. The number of pyridine rings is 3. The second-order valence-electron chi connectivity index (χ2n) is 4.36. The van der Waals surface area contributed by atoms with Crippen LogP contribution < -0.4 is 0 Å². The number of rotatable bonds is 0. The van der Waals surface area contributed by atoms with Crippen LogP contribution in [0.1, 0.15) is 11.1 Å². The van der Waals surface area contributed by atoms with Crippen molar-refractivity contribution in [3.63, 3.8) is 0 Å². The van der Waals surface area contributed by atoms with Crippen LogP contribution in [0.2, 0.25) is 0 Å². The molecule has 0 amide bonds. The molecule has 1 aliphatic rings. The van der Waals surface area contributed by atoms with E-state index in [0.717, 1.165) is 0 Å². The molecule has 0 saturated heterocycles. The molecule has 0 atom stereocenters. The average molecular weight is 449 g/mol.